The number of hydrogen-bond acceptors (Lipinski definition) is 3. The van der Waals surface area contributed by atoms with E-state index in [1.807, 2.05) is 0 Å². The molecule has 1 heterocycles. The van der Waals surface area contributed by atoms with Crippen molar-refractivity contribution in [3.63, 3.8) is 0 Å². The molecular weight excluding hydrogens is 224 g/mol. The highest BCUT2D eigenvalue weighted by atomic mass is 19.3. The molecule has 2 fully saturated rings. The molecule has 1 aromatic rings. The summed E-state index contributed by atoms with van der Waals surface area (Å²) in [6, 6.07) is 1.79. The van der Waals surface area contributed by atoms with Crippen molar-refractivity contribution in [2.75, 3.05) is 5.32 Å². The van der Waals surface area contributed by atoms with Crippen LogP contribution in [0.3, 0.4) is 0 Å². The molecule has 0 radical (unpaired) electrons. The number of rotatable bonds is 4. The minimum atomic E-state index is -2.52. The third-order valence-corrected chi connectivity index (χ3v) is 3.39. The first kappa shape index (κ1) is 10.9. The summed E-state index contributed by atoms with van der Waals surface area (Å²) in [7, 11) is 0. The molecule has 0 saturated heterocycles. The molecule has 2 aliphatic rings. The average molecular weight is 239 g/mol. The van der Waals surface area contributed by atoms with E-state index < -0.39 is 6.43 Å². The Morgan fingerprint density at radius 3 is 2.47 bits per heavy atom. The molecule has 2 aliphatic carbocycles. The second kappa shape index (κ2) is 4.20. The van der Waals surface area contributed by atoms with Gasteiger partial charge in [0.1, 0.15) is 17.3 Å². The third-order valence-electron chi connectivity index (χ3n) is 3.39. The molecule has 0 unspecified atom stereocenters. The van der Waals surface area contributed by atoms with Crippen LogP contribution >= 0.6 is 0 Å². The van der Waals surface area contributed by atoms with E-state index in [9.17, 15) is 8.78 Å². The van der Waals surface area contributed by atoms with E-state index in [-0.39, 0.29) is 5.69 Å². The van der Waals surface area contributed by atoms with E-state index >= 15 is 0 Å². The van der Waals surface area contributed by atoms with Gasteiger partial charge < -0.3 is 5.32 Å². The SMILES string of the molecule is FC(F)c1cc(NC2CCC2)nc(C2CC2)n1. The van der Waals surface area contributed by atoms with Gasteiger partial charge in [0.15, 0.2) is 0 Å². The summed E-state index contributed by atoms with van der Waals surface area (Å²) in [5.74, 6) is 1.46. The third kappa shape index (κ3) is 2.37. The Labute approximate surface area is 98.7 Å². The quantitative estimate of drug-likeness (QED) is 0.876. The smallest absolute Gasteiger partial charge is 0.280 e. The van der Waals surface area contributed by atoms with Crippen LogP contribution in [0.2, 0.25) is 0 Å². The Kier molecular flexibility index (Phi) is 2.68. The van der Waals surface area contributed by atoms with E-state index in [1.165, 1.54) is 12.5 Å². The molecule has 3 rings (SSSR count). The van der Waals surface area contributed by atoms with E-state index in [1.54, 1.807) is 0 Å². The lowest BCUT2D eigenvalue weighted by atomic mass is 9.93. The first-order valence-corrected chi connectivity index (χ1v) is 6.16. The topological polar surface area (TPSA) is 37.8 Å². The predicted molar refractivity (Wildman–Crippen MR) is 60.2 cm³/mol. The molecule has 0 bridgehead atoms. The molecule has 0 spiro atoms. The van der Waals surface area contributed by atoms with Gasteiger partial charge in [-0.05, 0) is 32.1 Å². The standard InChI is InChI=1S/C12H15F2N3/c13-11(14)9-6-10(15-8-2-1-3-8)17-12(16-9)7-4-5-7/h6-8,11H,1-5H2,(H,15,16,17). The van der Waals surface area contributed by atoms with Gasteiger partial charge in [-0.3, -0.25) is 0 Å². The number of halogens is 2. The predicted octanol–water partition coefficient (Wildman–Crippen LogP) is 3.26. The molecule has 1 aromatic heterocycles. The lowest BCUT2D eigenvalue weighted by molar-refractivity contribution is 0.145. The van der Waals surface area contributed by atoms with E-state index in [2.05, 4.69) is 15.3 Å². The summed E-state index contributed by atoms with van der Waals surface area (Å²) < 4.78 is 25.5. The fraction of sp³-hybridized carbons (Fsp3) is 0.667. The number of nitrogens with zero attached hydrogens (tertiary/aromatic N) is 2. The van der Waals surface area contributed by atoms with Gasteiger partial charge in [0.05, 0.1) is 0 Å². The summed E-state index contributed by atoms with van der Waals surface area (Å²) in [4.78, 5) is 8.29. The van der Waals surface area contributed by atoms with Gasteiger partial charge in [0.2, 0.25) is 0 Å². The zero-order valence-corrected chi connectivity index (χ0v) is 9.50. The second-order valence-corrected chi connectivity index (χ2v) is 4.88. The van der Waals surface area contributed by atoms with Crippen LogP contribution in [0, 0.1) is 0 Å². The summed E-state index contributed by atoms with van der Waals surface area (Å²) >= 11 is 0. The van der Waals surface area contributed by atoms with Gasteiger partial charge in [0.25, 0.3) is 6.43 Å². The van der Waals surface area contributed by atoms with Crippen LogP contribution < -0.4 is 5.32 Å². The highest BCUT2D eigenvalue weighted by Gasteiger charge is 2.29. The lowest BCUT2D eigenvalue weighted by Gasteiger charge is -2.27. The van der Waals surface area contributed by atoms with Crippen LogP contribution in [0.15, 0.2) is 6.07 Å². The van der Waals surface area contributed by atoms with Crippen LogP contribution in [-0.4, -0.2) is 16.0 Å². The fourth-order valence-corrected chi connectivity index (χ4v) is 1.96. The number of aromatic nitrogens is 2. The van der Waals surface area contributed by atoms with E-state index in [0.29, 0.717) is 23.6 Å². The number of alkyl halides is 2. The van der Waals surface area contributed by atoms with Crippen molar-refractivity contribution in [1.29, 1.82) is 0 Å². The molecule has 17 heavy (non-hydrogen) atoms. The maximum atomic E-state index is 12.7. The fourth-order valence-electron chi connectivity index (χ4n) is 1.96. The molecule has 0 aromatic carbocycles. The van der Waals surface area contributed by atoms with Gasteiger partial charge in [-0.25, -0.2) is 18.7 Å². The Bertz CT molecular complexity index is 394. The lowest BCUT2D eigenvalue weighted by Crippen LogP contribution is -2.27. The zero-order chi connectivity index (χ0) is 11.8. The van der Waals surface area contributed by atoms with Crippen LogP contribution in [0.25, 0.3) is 0 Å². The summed E-state index contributed by atoms with van der Waals surface area (Å²) in [5.41, 5.74) is -0.149. The van der Waals surface area contributed by atoms with Gasteiger partial charge in [-0.1, -0.05) is 0 Å². The number of hydrogen-bond donors (Lipinski definition) is 1. The summed E-state index contributed by atoms with van der Waals surface area (Å²) in [6.45, 7) is 0. The average Bonchev–Trinajstić information content (AvgIpc) is 3.06. The van der Waals surface area contributed by atoms with E-state index in [0.717, 1.165) is 25.7 Å². The maximum absolute atomic E-state index is 12.7. The molecule has 0 atom stereocenters. The first-order valence-electron chi connectivity index (χ1n) is 6.16. The van der Waals surface area contributed by atoms with Crippen molar-refractivity contribution >= 4 is 5.82 Å². The molecular formula is C12H15F2N3. The van der Waals surface area contributed by atoms with Crippen LogP contribution in [0.5, 0.6) is 0 Å². The molecule has 3 nitrogen and oxygen atoms in total. The Hall–Kier alpha value is -1.26. The Morgan fingerprint density at radius 2 is 1.94 bits per heavy atom. The summed E-state index contributed by atoms with van der Waals surface area (Å²) in [5, 5.41) is 3.21. The molecule has 92 valence electrons. The van der Waals surface area contributed by atoms with Gasteiger partial charge in [-0.15, -0.1) is 0 Å². The van der Waals surface area contributed by atoms with Crippen molar-refractivity contribution in [1.82, 2.24) is 9.97 Å². The van der Waals surface area contributed by atoms with Crippen LogP contribution in [0.4, 0.5) is 14.6 Å². The van der Waals surface area contributed by atoms with Gasteiger partial charge in [0, 0.05) is 18.0 Å². The summed E-state index contributed by atoms with van der Waals surface area (Å²) in [6.07, 6.45) is 2.95. The maximum Gasteiger partial charge on any atom is 0.280 e. The van der Waals surface area contributed by atoms with Crippen molar-refractivity contribution in [3.05, 3.63) is 17.6 Å². The van der Waals surface area contributed by atoms with Crippen molar-refractivity contribution in [3.8, 4) is 0 Å². The minimum Gasteiger partial charge on any atom is -0.367 e. The van der Waals surface area contributed by atoms with Gasteiger partial charge in [-0.2, -0.15) is 0 Å². The van der Waals surface area contributed by atoms with E-state index in [4.69, 9.17) is 0 Å². The molecule has 5 heteroatoms. The number of anilines is 1. The molecule has 0 aliphatic heterocycles. The Balaban J connectivity index is 1.84. The van der Waals surface area contributed by atoms with Crippen molar-refractivity contribution in [2.24, 2.45) is 0 Å². The Morgan fingerprint density at radius 1 is 1.18 bits per heavy atom. The van der Waals surface area contributed by atoms with Crippen molar-refractivity contribution in [2.45, 2.75) is 50.5 Å². The molecule has 0 amide bonds. The second-order valence-electron chi connectivity index (χ2n) is 4.88. The minimum absolute atomic E-state index is 0.149. The van der Waals surface area contributed by atoms with Crippen LogP contribution in [-0.2, 0) is 0 Å². The normalized spacial score (nSPS) is 20.4. The number of nitrogens with one attached hydrogen (secondary N) is 1. The largest absolute Gasteiger partial charge is 0.367 e. The zero-order valence-electron chi connectivity index (χ0n) is 9.50. The van der Waals surface area contributed by atoms with Gasteiger partial charge >= 0.3 is 0 Å². The van der Waals surface area contributed by atoms with Crippen molar-refractivity contribution < 1.29 is 8.78 Å². The monoisotopic (exact) mass is 239 g/mol. The molecule has 2 saturated carbocycles. The first-order chi connectivity index (χ1) is 8.22. The molecule has 1 N–H and O–H groups in total. The highest BCUT2D eigenvalue weighted by molar-refractivity contribution is 5.39. The van der Waals surface area contributed by atoms with Crippen LogP contribution in [0.1, 0.15) is 56.0 Å². The highest BCUT2D eigenvalue weighted by Crippen LogP contribution is 2.39.